The van der Waals surface area contributed by atoms with Crippen molar-refractivity contribution in [1.29, 1.82) is 0 Å². The highest BCUT2D eigenvalue weighted by atomic mass is 16.6. The fraction of sp³-hybridized carbons (Fsp3) is 0.450. The van der Waals surface area contributed by atoms with Gasteiger partial charge >= 0.3 is 5.97 Å². The third-order valence-electron chi connectivity index (χ3n) is 4.00. The number of hydrogen-bond acceptors (Lipinski definition) is 5. The lowest BCUT2D eigenvalue weighted by atomic mass is 10.1. The van der Waals surface area contributed by atoms with Crippen LogP contribution < -0.4 is 4.74 Å². The molecular weight excluding hydrogens is 320 g/mol. The van der Waals surface area contributed by atoms with Crippen LogP contribution in [0.4, 0.5) is 0 Å². The molecule has 1 saturated heterocycles. The first-order valence-electron chi connectivity index (χ1n) is 8.40. The van der Waals surface area contributed by atoms with Crippen molar-refractivity contribution in [3.05, 3.63) is 55.1 Å². The zero-order chi connectivity index (χ0) is 18.2. The Hall–Kier alpha value is -2.11. The summed E-state index contributed by atoms with van der Waals surface area (Å²) < 4.78 is 21.6. The number of benzene rings is 1. The van der Waals surface area contributed by atoms with Crippen LogP contribution in [0.1, 0.15) is 25.3 Å². The van der Waals surface area contributed by atoms with Gasteiger partial charge in [-0.3, -0.25) is 4.79 Å². The van der Waals surface area contributed by atoms with Crippen molar-refractivity contribution < 1.29 is 23.7 Å². The smallest absolute Gasteiger partial charge is 0.309 e. The van der Waals surface area contributed by atoms with Crippen molar-refractivity contribution in [3.8, 4) is 5.75 Å². The number of carbonyl (C=O) groups is 1. The molecule has 4 atom stereocenters. The Kier molecular flexibility index (Phi) is 7.22. The van der Waals surface area contributed by atoms with Crippen LogP contribution in [-0.2, 0) is 25.6 Å². The number of methoxy groups -OCH3 is 1. The fourth-order valence-electron chi connectivity index (χ4n) is 2.50. The maximum Gasteiger partial charge on any atom is 0.309 e. The second kappa shape index (κ2) is 9.39. The van der Waals surface area contributed by atoms with Gasteiger partial charge in [-0.1, -0.05) is 24.3 Å². The number of esters is 1. The summed E-state index contributed by atoms with van der Waals surface area (Å²) in [6.07, 6.45) is 3.81. The molecule has 5 heteroatoms. The SMILES string of the molecule is C=C[C@H](CC(=O)O[C@H](C)C[C@@H]1O[C@@H]1C=C)OCc1ccc(OC)cc1. The van der Waals surface area contributed by atoms with E-state index in [9.17, 15) is 4.79 Å². The minimum atomic E-state index is -0.389. The van der Waals surface area contributed by atoms with Gasteiger partial charge < -0.3 is 18.9 Å². The van der Waals surface area contributed by atoms with Gasteiger partial charge in [-0.25, -0.2) is 0 Å². The summed E-state index contributed by atoms with van der Waals surface area (Å²) in [4.78, 5) is 12.0. The van der Waals surface area contributed by atoms with Gasteiger partial charge in [0.05, 0.1) is 32.3 Å². The van der Waals surface area contributed by atoms with E-state index in [1.165, 1.54) is 0 Å². The van der Waals surface area contributed by atoms with E-state index in [-0.39, 0.29) is 36.8 Å². The van der Waals surface area contributed by atoms with Gasteiger partial charge in [0.25, 0.3) is 0 Å². The van der Waals surface area contributed by atoms with Crippen molar-refractivity contribution in [1.82, 2.24) is 0 Å². The Morgan fingerprint density at radius 1 is 1.32 bits per heavy atom. The van der Waals surface area contributed by atoms with E-state index in [0.717, 1.165) is 11.3 Å². The first kappa shape index (κ1) is 19.2. The predicted octanol–water partition coefficient (Wildman–Crippen LogP) is 3.43. The summed E-state index contributed by atoms with van der Waals surface area (Å²) in [5.41, 5.74) is 0.996. The lowest BCUT2D eigenvalue weighted by molar-refractivity contribution is -0.151. The highest BCUT2D eigenvalue weighted by Crippen LogP contribution is 2.28. The quantitative estimate of drug-likeness (QED) is 0.349. The Morgan fingerprint density at radius 2 is 2.04 bits per heavy atom. The fourth-order valence-corrected chi connectivity index (χ4v) is 2.50. The molecule has 2 rings (SSSR count). The van der Waals surface area contributed by atoms with Crippen LogP contribution in [0.5, 0.6) is 5.75 Å². The van der Waals surface area contributed by atoms with Crippen LogP contribution in [0.3, 0.4) is 0 Å². The first-order chi connectivity index (χ1) is 12.0. The van der Waals surface area contributed by atoms with E-state index in [2.05, 4.69) is 13.2 Å². The summed E-state index contributed by atoms with van der Waals surface area (Å²) >= 11 is 0. The molecule has 0 radical (unpaired) electrons. The zero-order valence-corrected chi connectivity index (χ0v) is 14.9. The second-order valence-electron chi connectivity index (χ2n) is 6.05. The Morgan fingerprint density at radius 3 is 2.60 bits per heavy atom. The van der Waals surface area contributed by atoms with Gasteiger partial charge in [0.2, 0.25) is 0 Å². The molecule has 1 aromatic carbocycles. The van der Waals surface area contributed by atoms with Crippen LogP contribution >= 0.6 is 0 Å². The van der Waals surface area contributed by atoms with E-state index < -0.39 is 0 Å². The average Bonchev–Trinajstić information content (AvgIpc) is 3.36. The van der Waals surface area contributed by atoms with Crippen LogP contribution in [0.15, 0.2) is 49.6 Å². The summed E-state index contributed by atoms with van der Waals surface area (Å²) in [5, 5.41) is 0. The lowest BCUT2D eigenvalue weighted by Crippen LogP contribution is -2.22. The lowest BCUT2D eigenvalue weighted by Gasteiger charge is -2.16. The van der Waals surface area contributed by atoms with Crippen molar-refractivity contribution in [3.63, 3.8) is 0 Å². The number of rotatable bonds is 11. The van der Waals surface area contributed by atoms with Gasteiger partial charge in [0, 0.05) is 6.42 Å². The van der Waals surface area contributed by atoms with Gasteiger partial charge in [-0.15, -0.1) is 13.2 Å². The average molecular weight is 346 g/mol. The molecule has 0 saturated carbocycles. The zero-order valence-electron chi connectivity index (χ0n) is 14.9. The van der Waals surface area contributed by atoms with Crippen molar-refractivity contribution in [2.75, 3.05) is 7.11 Å². The summed E-state index contributed by atoms with van der Waals surface area (Å²) in [7, 11) is 1.62. The van der Waals surface area contributed by atoms with Gasteiger partial charge in [0.15, 0.2) is 0 Å². The molecule has 1 fully saturated rings. The number of carbonyl (C=O) groups excluding carboxylic acids is 1. The highest BCUT2D eigenvalue weighted by molar-refractivity contribution is 5.70. The molecule has 1 heterocycles. The largest absolute Gasteiger partial charge is 0.497 e. The maximum absolute atomic E-state index is 12.0. The molecule has 0 aromatic heterocycles. The number of epoxide rings is 1. The summed E-state index contributed by atoms with van der Waals surface area (Å²) in [5.74, 6) is 0.489. The van der Waals surface area contributed by atoms with E-state index in [1.54, 1.807) is 19.3 Å². The molecule has 136 valence electrons. The molecule has 1 aromatic rings. The van der Waals surface area contributed by atoms with E-state index in [4.69, 9.17) is 18.9 Å². The highest BCUT2D eigenvalue weighted by Gasteiger charge is 2.37. The molecular formula is C20H26O5. The van der Waals surface area contributed by atoms with Gasteiger partial charge in [-0.05, 0) is 24.6 Å². The van der Waals surface area contributed by atoms with E-state index >= 15 is 0 Å². The van der Waals surface area contributed by atoms with Crippen LogP contribution in [0, 0.1) is 0 Å². The standard InChI is InChI=1S/C20H26O5/c1-5-16(23-13-15-7-9-17(22-4)10-8-15)12-20(21)24-14(3)11-19-18(6-2)25-19/h5-10,14,16,18-19H,1-2,11-13H2,3-4H3/t14-,16-,18-,19+/m1/s1. The summed E-state index contributed by atoms with van der Waals surface area (Å²) in [6, 6.07) is 7.58. The maximum atomic E-state index is 12.0. The van der Waals surface area contributed by atoms with E-state index in [0.29, 0.717) is 13.0 Å². The van der Waals surface area contributed by atoms with Gasteiger partial charge in [0.1, 0.15) is 18.0 Å². The van der Waals surface area contributed by atoms with Crippen LogP contribution in [0.25, 0.3) is 0 Å². The van der Waals surface area contributed by atoms with Crippen molar-refractivity contribution in [2.45, 2.75) is 50.8 Å². The minimum absolute atomic E-state index is 0.0925. The van der Waals surface area contributed by atoms with Crippen LogP contribution in [0.2, 0.25) is 0 Å². The third-order valence-corrected chi connectivity index (χ3v) is 4.00. The third kappa shape index (κ3) is 6.36. The normalized spacial score (nSPS) is 21.0. The molecule has 25 heavy (non-hydrogen) atoms. The summed E-state index contributed by atoms with van der Waals surface area (Å²) in [6.45, 7) is 9.66. The van der Waals surface area contributed by atoms with Gasteiger partial charge in [-0.2, -0.15) is 0 Å². The van der Waals surface area contributed by atoms with E-state index in [1.807, 2.05) is 31.2 Å². The predicted molar refractivity (Wildman–Crippen MR) is 95.4 cm³/mol. The van der Waals surface area contributed by atoms with Crippen molar-refractivity contribution in [2.24, 2.45) is 0 Å². The monoisotopic (exact) mass is 346 g/mol. The number of ether oxygens (including phenoxy) is 4. The topological polar surface area (TPSA) is 57.3 Å². The second-order valence-corrected chi connectivity index (χ2v) is 6.05. The molecule has 0 aliphatic carbocycles. The molecule has 5 nitrogen and oxygen atoms in total. The number of hydrogen-bond donors (Lipinski definition) is 0. The molecule has 1 aliphatic rings. The van der Waals surface area contributed by atoms with Crippen LogP contribution in [-0.4, -0.2) is 37.5 Å². The molecule has 0 spiro atoms. The Bertz CT molecular complexity index is 580. The minimum Gasteiger partial charge on any atom is -0.497 e. The molecule has 1 aliphatic heterocycles. The molecule has 0 unspecified atom stereocenters. The molecule has 0 amide bonds. The molecule has 0 N–H and O–H groups in total. The van der Waals surface area contributed by atoms with Crippen molar-refractivity contribution >= 4 is 5.97 Å². The Balaban J connectivity index is 1.71. The Labute approximate surface area is 149 Å². The molecule has 0 bridgehead atoms. The first-order valence-corrected chi connectivity index (χ1v) is 8.40.